The Hall–Kier alpha value is -3.88. The van der Waals surface area contributed by atoms with Crippen LogP contribution >= 0.6 is 0 Å². The number of likely N-dealkylation sites (tertiary alicyclic amines) is 1. The molecule has 2 aliphatic heterocycles. The number of imide groups is 1. The molecule has 3 N–H and O–H groups in total. The molecule has 2 aromatic heterocycles. The monoisotopic (exact) mass is 511 g/mol. The third-order valence-electron chi connectivity index (χ3n) is 7.77. The fraction of sp³-hybridized carbons (Fsp3) is 0.333. The number of piperidine rings is 1. The van der Waals surface area contributed by atoms with Gasteiger partial charge in [-0.3, -0.25) is 14.9 Å². The van der Waals surface area contributed by atoms with Crippen molar-refractivity contribution in [3.05, 3.63) is 66.0 Å². The predicted molar refractivity (Wildman–Crippen MR) is 151 cm³/mol. The number of aliphatic hydroxyl groups is 1. The molecule has 0 bridgehead atoms. The molecule has 2 amide bonds. The van der Waals surface area contributed by atoms with E-state index >= 15 is 0 Å². The van der Waals surface area contributed by atoms with Crippen LogP contribution in [0.15, 0.2) is 54.9 Å². The molecule has 2 aliphatic rings. The molecule has 4 heterocycles. The van der Waals surface area contributed by atoms with E-state index in [1.54, 1.807) is 6.20 Å². The van der Waals surface area contributed by atoms with Crippen LogP contribution in [0.4, 0.5) is 5.69 Å². The Morgan fingerprint density at radius 1 is 0.921 bits per heavy atom. The highest BCUT2D eigenvalue weighted by atomic mass is 16.3. The highest BCUT2D eigenvalue weighted by molar-refractivity contribution is 6.50. The molecule has 0 aliphatic carbocycles. The van der Waals surface area contributed by atoms with Crippen molar-refractivity contribution in [1.29, 1.82) is 0 Å². The number of hydrogen-bond donors (Lipinski definition) is 3. The predicted octanol–water partition coefficient (Wildman–Crippen LogP) is 3.60. The highest BCUT2D eigenvalue weighted by Gasteiger charge is 2.35. The third kappa shape index (κ3) is 4.29. The van der Waals surface area contributed by atoms with Gasteiger partial charge in [0.05, 0.1) is 17.3 Å². The zero-order chi connectivity index (χ0) is 26.4. The van der Waals surface area contributed by atoms with Gasteiger partial charge in [0.2, 0.25) is 0 Å². The minimum absolute atomic E-state index is 0.366. The van der Waals surface area contributed by atoms with Gasteiger partial charge >= 0.3 is 0 Å². The number of β-amino-alcohol motifs (C(OH)–C–C–N with tert-alkyl or cyclic N) is 1. The van der Waals surface area contributed by atoms with E-state index in [0.717, 1.165) is 40.6 Å². The van der Waals surface area contributed by atoms with Crippen molar-refractivity contribution >= 4 is 50.5 Å². The minimum Gasteiger partial charge on any atom is -0.390 e. The number of carbonyl (C=O) groups excluding carboxylic acids is 2. The fourth-order valence-corrected chi connectivity index (χ4v) is 5.89. The summed E-state index contributed by atoms with van der Waals surface area (Å²) in [4.78, 5) is 34.0. The van der Waals surface area contributed by atoms with Crippen LogP contribution in [0.25, 0.3) is 33.0 Å². The number of aromatic amines is 1. The van der Waals surface area contributed by atoms with E-state index in [-0.39, 0.29) is 0 Å². The lowest BCUT2D eigenvalue weighted by molar-refractivity contribution is -0.122. The lowest BCUT2D eigenvalue weighted by Gasteiger charge is -2.28. The molecule has 1 saturated heterocycles. The number of amides is 2. The normalized spacial score (nSPS) is 17.6. The van der Waals surface area contributed by atoms with Crippen LogP contribution < -0.4 is 10.2 Å². The Morgan fingerprint density at radius 2 is 1.66 bits per heavy atom. The summed E-state index contributed by atoms with van der Waals surface area (Å²) in [5.74, 6) is -0.803. The molecule has 8 nitrogen and oxygen atoms in total. The maximum Gasteiger partial charge on any atom is 0.259 e. The van der Waals surface area contributed by atoms with Gasteiger partial charge in [-0.25, -0.2) is 0 Å². The van der Waals surface area contributed by atoms with E-state index in [1.165, 1.54) is 19.3 Å². The summed E-state index contributed by atoms with van der Waals surface area (Å²) in [6, 6.07) is 13.9. The summed E-state index contributed by atoms with van der Waals surface area (Å²) >= 11 is 0. The topological polar surface area (TPSA) is 93.6 Å². The van der Waals surface area contributed by atoms with E-state index in [9.17, 15) is 14.7 Å². The van der Waals surface area contributed by atoms with Crippen LogP contribution in [0.1, 0.15) is 30.4 Å². The first-order valence-electron chi connectivity index (χ1n) is 13.3. The van der Waals surface area contributed by atoms with Crippen molar-refractivity contribution in [2.45, 2.75) is 31.9 Å². The number of para-hydroxylation sites is 1. The van der Waals surface area contributed by atoms with Crippen molar-refractivity contribution in [2.75, 3.05) is 38.6 Å². The van der Waals surface area contributed by atoms with Crippen molar-refractivity contribution in [1.82, 2.24) is 19.8 Å². The number of aromatic nitrogens is 2. The molecule has 2 aromatic carbocycles. The number of aliphatic hydroxyl groups excluding tert-OH is 1. The van der Waals surface area contributed by atoms with Gasteiger partial charge in [-0.15, -0.1) is 0 Å². The van der Waals surface area contributed by atoms with Gasteiger partial charge < -0.3 is 24.5 Å². The van der Waals surface area contributed by atoms with E-state index in [2.05, 4.69) is 15.2 Å². The summed E-state index contributed by atoms with van der Waals surface area (Å²) in [6.07, 6.45) is 6.76. The second kappa shape index (κ2) is 9.78. The lowest BCUT2D eigenvalue weighted by atomic mass is 9.95. The molecule has 0 spiro atoms. The van der Waals surface area contributed by atoms with Crippen LogP contribution in [0.2, 0.25) is 0 Å². The first kappa shape index (κ1) is 24.5. The molecule has 4 aromatic rings. The van der Waals surface area contributed by atoms with E-state index in [4.69, 9.17) is 0 Å². The van der Waals surface area contributed by atoms with Gasteiger partial charge in [0.1, 0.15) is 0 Å². The van der Waals surface area contributed by atoms with Crippen molar-refractivity contribution in [3.8, 4) is 0 Å². The average Bonchev–Trinajstić information content (AvgIpc) is 3.57. The quantitative estimate of drug-likeness (QED) is 0.330. The standard InChI is InChI=1S/C30H33N5O3/c1-33(2)19-10-11-26-22(14-19)24(18-35(26)17-20(36)16-34-12-6-3-7-13-34)28-27(29(37)32-30(28)38)23-15-31-25-9-5-4-8-21(23)25/h4-5,8-11,14-15,18,20,31,36H,3,6-7,12-13,16-17H2,1-2H3,(H,32,37,38). The number of anilines is 1. The molecular formula is C30H33N5O3. The Kier molecular flexibility index (Phi) is 6.29. The highest BCUT2D eigenvalue weighted by Crippen LogP contribution is 2.39. The second-order valence-corrected chi connectivity index (χ2v) is 10.6. The number of benzene rings is 2. The van der Waals surface area contributed by atoms with Crippen LogP contribution in [0, 0.1) is 0 Å². The first-order chi connectivity index (χ1) is 18.4. The van der Waals surface area contributed by atoms with Crippen LogP contribution in [0.5, 0.6) is 0 Å². The number of H-pyrrole nitrogens is 1. The number of nitrogens with one attached hydrogen (secondary N) is 2. The van der Waals surface area contributed by atoms with Gasteiger partial charge in [-0.1, -0.05) is 24.6 Å². The van der Waals surface area contributed by atoms with Gasteiger partial charge in [0.15, 0.2) is 0 Å². The maximum atomic E-state index is 13.3. The summed E-state index contributed by atoms with van der Waals surface area (Å²) in [6.45, 7) is 3.06. The zero-order valence-corrected chi connectivity index (χ0v) is 21.8. The largest absolute Gasteiger partial charge is 0.390 e. The van der Waals surface area contributed by atoms with E-state index in [1.807, 2.05) is 72.2 Å². The Morgan fingerprint density at radius 3 is 2.42 bits per heavy atom. The number of rotatable bonds is 7. The first-order valence-corrected chi connectivity index (χ1v) is 13.3. The van der Waals surface area contributed by atoms with Gasteiger partial charge in [-0.05, 0) is 50.2 Å². The Bertz CT molecular complexity index is 1570. The Labute approximate surface area is 221 Å². The number of hydrogen-bond acceptors (Lipinski definition) is 5. The number of nitrogens with zero attached hydrogens (tertiary/aromatic N) is 3. The molecule has 0 saturated carbocycles. The molecule has 6 rings (SSSR count). The van der Waals surface area contributed by atoms with Gasteiger partial charge in [0.25, 0.3) is 11.8 Å². The van der Waals surface area contributed by atoms with Gasteiger partial charge in [0, 0.05) is 78.2 Å². The molecule has 1 atom stereocenters. The molecule has 8 heteroatoms. The van der Waals surface area contributed by atoms with Crippen molar-refractivity contribution < 1.29 is 14.7 Å². The summed E-state index contributed by atoms with van der Waals surface area (Å²) in [5, 5.41) is 15.3. The van der Waals surface area contributed by atoms with E-state index in [0.29, 0.717) is 35.4 Å². The average molecular weight is 512 g/mol. The summed E-state index contributed by atoms with van der Waals surface area (Å²) < 4.78 is 2.02. The Balaban J connectivity index is 1.48. The molecule has 1 unspecified atom stereocenters. The zero-order valence-electron chi connectivity index (χ0n) is 21.8. The van der Waals surface area contributed by atoms with Crippen LogP contribution in [0.3, 0.4) is 0 Å². The summed E-state index contributed by atoms with van der Waals surface area (Å²) in [5.41, 5.74) is 4.94. The molecule has 196 valence electrons. The number of carbonyl (C=O) groups is 2. The summed E-state index contributed by atoms with van der Waals surface area (Å²) in [7, 11) is 3.95. The van der Waals surface area contributed by atoms with Crippen molar-refractivity contribution in [2.24, 2.45) is 0 Å². The maximum absolute atomic E-state index is 13.3. The number of fused-ring (bicyclic) bond motifs is 2. The van der Waals surface area contributed by atoms with Crippen molar-refractivity contribution in [3.63, 3.8) is 0 Å². The molecule has 38 heavy (non-hydrogen) atoms. The van der Waals surface area contributed by atoms with E-state index < -0.39 is 17.9 Å². The smallest absolute Gasteiger partial charge is 0.259 e. The molecule has 1 fully saturated rings. The van der Waals surface area contributed by atoms with Crippen LogP contribution in [-0.4, -0.2) is 71.2 Å². The van der Waals surface area contributed by atoms with Gasteiger partial charge in [-0.2, -0.15) is 0 Å². The third-order valence-corrected chi connectivity index (χ3v) is 7.77. The minimum atomic E-state index is -0.550. The lowest BCUT2D eigenvalue weighted by Crippen LogP contribution is -2.37. The SMILES string of the molecule is CN(C)c1ccc2c(c1)c(C1=C(c3c[nH]c4ccccc34)C(=O)NC1=O)cn2CC(O)CN1CCCCC1. The van der Waals surface area contributed by atoms with Crippen LogP contribution in [-0.2, 0) is 16.1 Å². The second-order valence-electron chi connectivity index (χ2n) is 10.6. The fourth-order valence-electron chi connectivity index (χ4n) is 5.89. The molecule has 0 radical (unpaired) electrons. The molecular weight excluding hydrogens is 478 g/mol.